The number of nitrogens with zero attached hydrogens (tertiary/aromatic N) is 2. The van der Waals surface area contributed by atoms with Gasteiger partial charge < -0.3 is 14.4 Å². The van der Waals surface area contributed by atoms with E-state index >= 15 is 0 Å². The molecule has 2 aliphatic rings. The molecule has 8 nitrogen and oxygen atoms in total. The molecule has 0 saturated carbocycles. The number of hydrogen-bond donors (Lipinski definition) is 2. The van der Waals surface area contributed by atoms with Crippen LogP contribution >= 0.6 is 0 Å². The third-order valence-corrected chi connectivity index (χ3v) is 4.58. The van der Waals surface area contributed by atoms with Crippen LogP contribution in [0.1, 0.15) is 68.1 Å². The molecule has 0 bridgehead atoms. The second kappa shape index (κ2) is 10.5. The standard InChI is InChI=1S/C19H27N3O5/c1-27-19(26)15-13-22(12-14-17(15)20-21-18(14)25)11-9-7-5-3-2-4-6-8-10-16(23)24/h12-13H,2-11H2,1H3,(H,21,25)(H,23,24). The number of carbonyl (C=O) groups excluding carboxylic acids is 1. The van der Waals surface area contributed by atoms with Crippen molar-refractivity contribution < 1.29 is 19.4 Å². The Morgan fingerprint density at radius 2 is 1.70 bits per heavy atom. The number of hydrogen-bond acceptors (Lipinski definition) is 5. The van der Waals surface area contributed by atoms with Crippen molar-refractivity contribution in [3.8, 4) is 11.3 Å². The van der Waals surface area contributed by atoms with Crippen LogP contribution in [-0.2, 0) is 16.1 Å². The number of nitrogens with one attached hydrogen (secondary N) is 1. The number of fused-ring (bicyclic) bond motifs is 1. The van der Waals surface area contributed by atoms with Crippen molar-refractivity contribution in [2.45, 2.75) is 64.3 Å². The van der Waals surface area contributed by atoms with Gasteiger partial charge in [-0.15, -0.1) is 0 Å². The number of aliphatic carboxylic acids is 1. The summed E-state index contributed by atoms with van der Waals surface area (Å²) in [6.07, 6.45) is 11.8. The molecular weight excluding hydrogens is 350 g/mol. The van der Waals surface area contributed by atoms with Gasteiger partial charge in [-0.25, -0.2) is 9.89 Å². The maximum atomic E-state index is 11.9. The molecule has 0 radical (unpaired) electrons. The van der Waals surface area contributed by atoms with Gasteiger partial charge in [-0.1, -0.05) is 38.5 Å². The Hall–Kier alpha value is -2.64. The molecule has 0 fully saturated rings. The third-order valence-electron chi connectivity index (χ3n) is 4.58. The molecule has 27 heavy (non-hydrogen) atoms. The second-order valence-electron chi connectivity index (χ2n) is 6.69. The van der Waals surface area contributed by atoms with Crippen molar-refractivity contribution in [1.82, 2.24) is 14.8 Å². The van der Waals surface area contributed by atoms with Gasteiger partial charge in [0.2, 0.25) is 0 Å². The highest BCUT2D eigenvalue weighted by molar-refractivity contribution is 5.95. The molecule has 0 saturated heterocycles. The molecule has 2 heterocycles. The number of carboxylic acids is 1. The van der Waals surface area contributed by atoms with Crippen LogP contribution in [0.25, 0.3) is 11.3 Å². The number of rotatable bonds is 12. The molecule has 148 valence electrons. The van der Waals surface area contributed by atoms with E-state index in [2.05, 4.69) is 10.2 Å². The minimum atomic E-state index is -0.722. The number of methoxy groups -OCH3 is 1. The van der Waals surface area contributed by atoms with Crippen LogP contribution in [-0.4, -0.2) is 38.9 Å². The van der Waals surface area contributed by atoms with E-state index in [1.807, 2.05) is 4.57 Å². The predicted octanol–water partition coefficient (Wildman–Crippen LogP) is 3.06. The zero-order valence-electron chi connectivity index (χ0n) is 15.7. The van der Waals surface area contributed by atoms with Crippen LogP contribution < -0.4 is 5.56 Å². The van der Waals surface area contributed by atoms with Crippen LogP contribution in [0, 0.1) is 0 Å². The highest BCUT2D eigenvalue weighted by Crippen LogP contribution is 2.21. The van der Waals surface area contributed by atoms with Crippen LogP contribution in [0.5, 0.6) is 0 Å². The number of aryl methyl sites for hydroxylation is 1. The number of aromatic nitrogens is 3. The first kappa shape index (κ1) is 20.7. The van der Waals surface area contributed by atoms with Crippen molar-refractivity contribution >= 4 is 11.9 Å². The van der Waals surface area contributed by atoms with Gasteiger partial charge in [-0.05, 0) is 12.8 Å². The van der Waals surface area contributed by atoms with E-state index in [1.165, 1.54) is 7.11 Å². The molecule has 2 rings (SSSR count). The summed E-state index contributed by atoms with van der Waals surface area (Å²) in [5, 5.41) is 14.9. The first-order valence-corrected chi connectivity index (χ1v) is 9.41. The molecule has 0 aromatic rings. The molecule has 0 aliphatic carbocycles. The normalized spacial score (nSPS) is 11.0. The summed E-state index contributed by atoms with van der Waals surface area (Å²) in [5.41, 5.74) is 0.701. The molecule has 0 spiro atoms. The fourth-order valence-corrected chi connectivity index (χ4v) is 3.11. The number of H-pyrrole nitrogens is 1. The first-order chi connectivity index (χ1) is 13.0. The Bertz CT molecular complexity index is 780. The summed E-state index contributed by atoms with van der Waals surface area (Å²) in [6.45, 7) is 0.711. The van der Waals surface area contributed by atoms with E-state index < -0.39 is 11.9 Å². The Labute approximate surface area is 157 Å². The maximum Gasteiger partial charge on any atom is 0.341 e. The molecule has 0 aromatic heterocycles. The molecule has 2 N–H and O–H groups in total. The predicted molar refractivity (Wildman–Crippen MR) is 100.0 cm³/mol. The van der Waals surface area contributed by atoms with Crippen LogP contribution in [0.15, 0.2) is 17.2 Å². The lowest BCUT2D eigenvalue weighted by molar-refractivity contribution is -0.137. The average molecular weight is 377 g/mol. The second-order valence-corrected chi connectivity index (χ2v) is 6.69. The van der Waals surface area contributed by atoms with Crippen molar-refractivity contribution in [3.63, 3.8) is 0 Å². The number of pyridine rings is 1. The van der Waals surface area contributed by atoms with Crippen LogP contribution in [0.4, 0.5) is 0 Å². The smallest absolute Gasteiger partial charge is 0.341 e. The summed E-state index contributed by atoms with van der Waals surface area (Å²) in [5.74, 6) is -1.23. The van der Waals surface area contributed by atoms with Crippen molar-refractivity contribution in [3.05, 3.63) is 28.3 Å². The molecular formula is C19H27N3O5. The van der Waals surface area contributed by atoms with Gasteiger partial charge >= 0.3 is 11.9 Å². The lowest BCUT2D eigenvalue weighted by Gasteiger charge is -2.11. The summed E-state index contributed by atoms with van der Waals surface area (Å²) < 4.78 is 6.62. The molecule has 0 amide bonds. The molecule has 0 atom stereocenters. The van der Waals surface area contributed by atoms with Gasteiger partial charge in [-0.2, -0.15) is 5.10 Å². The quantitative estimate of drug-likeness (QED) is 0.434. The molecule has 0 aromatic carbocycles. The van der Waals surface area contributed by atoms with Gasteiger partial charge in [-0.3, -0.25) is 9.59 Å². The average Bonchev–Trinajstić information content (AvgIpc) is 3.02. The highest BCUT2D eigenvalue weighted by atomic mass is 16.5. The number of unbranched alkanes of at least 4 members (excludes halogenated alkanes) is 7. The van der Waals surface area contributed by atoms with Gasteiger partial charge in [0.25, 0.3) is 5.56 Å². The first-order valence-electron chi connectivity index (χ1n) is 9.41. The van der Waals surface area contributed by atoms with E-state index in [1.54, 1.807) is 12.4 Å². The summed E-state index contributed by atoms with van der Waals surface area (Å²) >= 11 is 0. The zero-order valence-corrected chi connectivity index (χ0v) is 15.7. The lowest BCUT2D eigenvalue weighted by atomic mass is 10.1. The lowest BCUT2D eigenvalue weighted by Crippen LogP contribution is -2.12. The largest absolute Gasteiger partial charge is 0.481 e. The van der Waals surface area contributed by atoms with Gasteiger partial charge in [0.05, 0.1) is 12.7 Å². The van der Waals surface area contributed by atoms with Crippen LogP contribution in [0.3, 0.4) is 0 Å². The number of aromatic amines is 1. The van der Waals surface area contributed by atoms with Crippen molar-refractivity contribution in [2.75, 3.05) is 7.11 Å². The number of ether oxygens (including phenoxy) is 1. The van der Waals surface area contributed by atoms with E-state index in [0.717, 1.165) is 51.4 Å². The number of esters is 1. The van der Waals surface area contributed by atoms with E-state index in [9.17, 15) is 14.4 Å². The molecule has 8 heteroatoms. The number of carboxylic acid groups (broad SMARTS) is 1. The Morgan fingerprint density at radius 1 is 1.07 bits per heavy atom. The van der Waals surface area contributed by atoms with Gasteiger partial charge in [0.1, 0.15) is 11.3 Å². The summed E-state index contributed by atoms with van der Waals surface area (Å²) in [6, 6.07) is 0. The van der Waals surface area contributed by atoms with Crippen LogP contribution in [0.2, 0.25) is 0 Å². The van der Waals surface area contributed by atoms with Gasteiger partial charge in [0.15, 0.2) is 0 Å². The third kappa shape index (κ3) is 6.23. The Balaban J connectivity index is 1.75. The van der Waals surface area contributed by atoms with Crippen molar-refractivity contribution in [1.29, 1.82) is 0 Å². The SMILES string of the molecule is COC(=O)c1cn(CCCCCCCCCCC(=O)O)cc2c(=O)[nH]nc1-2. The molecule has 2 aliphatic heterocycles. The van der Waals surface area contributed by atoms with Gasteiger partial charge in [0, 0.05) is 25.4 Å². The zero-order chi connectivity index (χ0) is 19.6. The maximum absolute atomic E-state index is 11.9. The van der Waals surface area contributed by atoms with E-state index in [-0.39, 0.29) is 17.5 Å². The monoisotopic (exact) mass is 377 g/mol. The fraction of sp³-hybridized carbons (Fsp3) is 0.579. The Kier molecular flexibility index (Phi) is 8.03. The Morgan fingerprint density at radius 3 is 2.33 bits per heavy atom. The fourth-order valence-electron chi connectivity index (χ4n) is 3.11. The minimum Gasteiger partial charge on any atom is -0.481 e. The highest BCUT2D eigenvalue weighted by Gasteiger charge is 2.21. The van der Waals surface area contributed by atoms with E-state index in [0.29, 0.717) is 17.8 Å². The summed E-state index contributed by atoms with van der Waals surface area (Å²) in [7, 11) is 1.30. The number of carbonyl (C=O) groups is 2. The minimum absolute atomic E-state index is 0.261. The van der Waals surface area contributed by atoms with Crippen molar-refractivity contribution in [2.24, 2.45) is 0 Å². The topological polar surface area (TPSA) is 114 Å². The molecule has 0 unspecified atom stereocenters. The summed E-state index contributed by atoms with van der Waals surface area (Å²) in [4.78, 5) is 34.2. The van der Waals surface area contributed by atoms with E-state index in [4.69, 9.17) is 9.84 Å².